The van der Waals surface area contributed by atoms with Crippen molar-refractivity contribution in [2.24, 2.45) is 4.99 Å². The van der Waals surface area contributed by atoms with Crippen molar-refractivity contribution in [1.29, 1.82) is 0 Å². The third-order valence-electron chi connectivity index (χ3n) is 14.7. The molecule has 3 unspecified atom stereocenters. The predicted molar refractivity (Wildman–Crippen MR) is 265 cm³/mol. The number of likely N-dealkylation sites (N-methyl/N-ethyl adjacent to an activating group) is 1. The van der Waals surface area contributed by atoms with E-state index in [0.29, 0.717) is 0 Å². The van der Waals surface area contributed by atoms with Crippen molar-refractivity contribution in [2.45, 2.75) is 63.2 Å². The van der Waals surface area contributed by atoms with E-state index < -0.39 is 0 Å². The van der Waals surface area contributed by atoms with E-state index in [4.69, 9.17) is 4.99 Å². The van der Waals surface area contributed by atoms with E-state index >= 15 is 0 Å². The van der Waals surface area contributed by atoms with E-state index in [9.17, 15) is 0 Å². The standard InChI is InChI=1S/C61H54N2/c1-4-41-40-56(62-55(42-20-7-5-8-21-42)36-39-63(3)60(41)44-22-9-6-10-23-44)43-34-37-61(2,38-35-43)54-33-19-32-53-57(54)51-30-17-18-31-52(51)58-49-28-15-13-26-47(49)45-24-11-12-25-46(45)48-27-14-16-29-50(48)59(53)58/h5-34,36,58-59H,4,35,37-40H2,1-3H3/b55-36+,60-41-,62-56?. The number of hydrogen-bond acceptors (Lipinski definition) is 2. The van der Waals surface area contributed by atoms with Gasteiger partial charge < -0.3 is 4.90 Å². The third-order valence-corrected chi connectivity index (χ3v) is 14.7. The van der Waals surface area contributed by atoms with Gasteiger partial charge in [-0.15, -0.1) is 0 Å². The van der Waals surface area contributed by atoms with Crippen molar-refractivity contribution < 1.29 is 0 Å². The van der Waals surface area contributed by atoms with Crippen molar-refractivity contribution in [1.82, 2.24) is 4.90 Å². The monoisotopic (exact) mass is 814 g/mol. The van der Waals surface area contributed by atoms with Gasteiger partial charge in [0.15, 0.2) is 0 Å². The first-order valence-electron chi connectivity index (χ1n) is 23.0. The molecule has 0 fully saturated rings. The average Bonchev–Trinajstić information content (AvgIpc) is 3.41. The molecular weight excluding hydrogens is 761 g/mol. The molecule has 3 atom stereocenters. The highest BCUT2D eigenvalue weighted by Crippen LogP contribution is 2.59. The van der Waals surface area contributed by atoms with Gasteiger partial charge in [0.2, 0.25) is 0 Å². The summed E-state index contributed by atoms with van der Waals surface area (Å²) in [5, 5.41) is 0. The Balaban J connectivity index is 1.05. The molecule has 2 heteroatoms. The molecule has 63 heavy (non-hydrogen) atoms. The van der Waals surface area contributed by atoms with Crippen LogP contribution in [0.25, 0.3) is 44.8 Å². The first kappa shape index (κ1) is 39.1. The van der Waals surface area contributed by atoms with Crippen LogP contribution in [0.2, 0.25) is 0 Å². The number of hydrogen-bond donors (Lipinski definition) is 0. The van der Waals surface area contributed by atoms with Crippen LogP contribution in [-0.2, 0) is 5.41 Å². The zero-order valence-corrected chi connectivity index (χ0v) is 36.7. The molecular formula is C61H54N2. The lowest BCUT2D eigenvalue weighted by Gasteiger charge is -2.43. The van der Waals surface area contributed by atoms with Crippen molar-refractivity contribution in [3.63, 3.8) is 0 Å². The van der Waals surface area contributed by atoms with Crippen molar-refractivity contribution in [3.05, 3.63) is 238 Å². The summed E-state index contributed by atoms with van der Waals surface area (Å²) in [4.78, 5) is 8.06. The minimum atomic E-state index is -0.0591. The van der Waals surface area contributed by atoms with Crippen LogP contribution in [0.3, 0.4) is 0 Å². The van der Waals surface area contributed by atoms with E-state index in [2.05, 4.69) is 214 Å². The SMILES string of the molecule is CC/C1=C(\c2ccccc2)N(C)C/C=C(\c2ccccc2)N=C(C2=CCC(C)(c3cccc4c3-c3ccccc3C3c5ccccc5-c5ccccc5-c5ccccc5C43)CC2)C1. The maximum absolute atomic E-state index is 5.64. The number of nitrogens with zero attached hydrogens (tertiary/aromatic N) is 2. The molecule has 1 aliphatic heterocycles. The maximum atomic E-state index is 5.64. The van der Waals surface area contributed by atoms with Gasteiger partial charge in [-0.2, -0.15) is 0 Å². The van der Waals surface area contributed by atoms with Gasteiger partial charge in [0.05, 0.1) is 5.70 Å². The van der Waals surface area contributed by atoms with Gasteiger partial charge in [0.1, 0.15) is 0 Å². The van der Waals surface area contributed by atoms with Crippen LogP contribution < -0.4 is 0 Å². The molecule has 0 N–H and O–H groups in total. The lowest BCUT2D eigenvalue weighted by molar-refractivity contribution is 0.424. The minimum absolute atomic E-state index is 0.0591. The first-order chi connectivity index (χ1) is 31.0. The summed E-state index contributed by atoms with van der Waals surface area (Å²) in [6, 6.07) is 65.9. The Morgan fingerprint density at radius 3 is 1.68 bits per heavy atom. The Morgan fingerprint density at radius 2 is 1.08 bits per heavy atom. The zero-order chi connectivity index (χ0) is 42.5. The summed E-state index contributed by atoms with van der Waals surface area (Å²) in [5.41, 5.74) is 24.1. The lowest BCUT2D eigenvalue weighted by atomic mass is 9.60. The topological polar surface area (TPSA) is 15.6 Å². The molecule has 0 spiro atoms. The van der Waals surface area contributed by atoms with Crippen LogP contribution >= 0.6 is 0 Å². The van der Waals surface area contributed by atoms with Crippen molar-refractivity contribution in [2.75, 3.05) is 13.6 Å². The fraction of sp³-hybridized carbons (Fsp3) is 0.197. The molecule has 0 aromatic heterocycles. The Labute approximate surface area is 373 Å². The first-order valence-corrected chi connectivity index (χ1v) is 23.0. The highest BCUT2D eigenvalue weighted by Gasteiger charge is 2.42. The van der Waals surface area contributed by atoms with Crippen LogP contribution in [0.1, 0.15) is 96.7 Å². The molecule has 11 rings (SSSR count). The van der Waals surface area contributed by atoms with Gasteiger partial charge in [-0.05, 0) is 121 Å². The van der Waals surface area contributed by atoms with Gasteiger partial charge in [0.25, 0.3) is 0 Å². The molecule has 308 valence electrons. The smallest absolute Gasteiger partial charge is 0.0683 e. The Morgan fingerprint density at radius 1 is 0.556 bits per heavy atom. The second-order valence-electron chi connectivity index (χ2n) is 18.3. The number of fused-ring (bicyclic) bond motifs is 13. The quantitative estimate of drug-likeness (QED) is 0.169. The maximum Gasteiger partial charge on any atom is 0.0683 e. The number of aliphatic imine (C=N–C) groups is 1. The van der Waals surface area contributed by atoms with E-state index in [0.717, 1.165) is 44.3 Å². The second kappa shape index (κ2) is 16.2. The third kappa shape index (κ3) is 6.75. The molecule has 3 aliphatic carbocycles. The van der Waals surface area contributed by atoms with E-state index in [1.54, 1.807) is 0 Å². The lowest BCUT2D eigenvalue weighted by Crippen LogP contribution is -2.29. The summed E-state index contributed by atoms with van der Waals surface area (Å²) >= 11 is 0. The highest BCUT2D eigenvalue weighted by molar-refractivity contribution is 6.05. The fourth-order valence-corrected chi connectivity index (χ4v) is 11.5. The van der Waals surface area contributed by atoms with E-state index in [1.807, 2.05) is 0 Å². The molecule has 1 heterocycles. The van der Waals surface area contributed by atoms with Crippen LogP contribution in [-0.4, -0.2) is 24.2 Å². The van der Waals surface area contributed by atoms with E-state index in [1.165, 1.54) is 94.9 Å². The molecule has 7 aromatic rings. The van der Waals surface area contributed by atoms with Crippen molar-refractivity contribution in [3.8, 4) is 33.4 Å². The molecule has 7 aromatic carbocycles. The zero-order valence-electron chi connectivity index (χ0n) is 36.7. The Hall–Kier alpha value is -6.77. The van der Waals surface area contributed by atoms with E-state index in [-0.39, 0.29) is 17.3 Å². The highest BCUT2D eigenvalue weighted by atomic mass is 15.1. The molecule has 0 bridgehead atoms. The molecule has 0 saturated carbocycles. The molecule has 0 amide bonds. The number of benzene rings is 7. The molecule has 0 saturated heterocycles. The van der Waals surface area contributed by atoms with Gasteiger partial charge >= 0.3 is 0 Å². The largest absolute Gasteiger partial charge is 0.370 e. The summed E-state index contributed by atoms with van der Waals surface area (Å²) in [6.45, 7) is 5.63. The summed E-state index contributed by atoms with van der Waals surface area (Å²) < 4.78 is 0. The summed E-state index contributed by atoms with van der Waals surface area (Å²) in [5.74, 6) is 0.334. The summed E-state index contributed by atoms with van der Waals surface area (Å²) in [6.07, 6.45) is 9.69. The predicted octanol–water partition coefficient (Wildman–Crippen LogP) is 15.3. The van der Waals surface area contributed by atoms with Gasteiger partial charge in [-0.1, -0.05) is 196 Å². The Bertz CT molecular complexity index is 3000. The molecule has 2 nitrogen and oxygen atoms in total. The second-order valence-corrected chi connectivity index (χ2v) is 18.3. The number of rotatable bonds is 5. The van der Waals surface area contributed by atoms with Gasteiger partial charge in [-0.25, -0.2) is 0 Å². The molecule has 4 aliphatic rings. The normalized spacial score (nSPS) is 22.3. The minimum Gasteiger partial charge on any atom is -0.370 e. The average molecular weight is 815 g/mol. The van der Waals surface area contributed by atoms with Gasteiger partial charge in [0, 0.05) is 43.3 Å². The summed E-state index contributed by atoms with van der Waals surface area (Å²) in [7, 11) is 2.24. The van der Waals surface area contributed by atoms with Crippen molar-refractivity contribution >= 4 is 17.1 Å². The van der Waals surface area contributed by atoms with Crippen LogP contribution in [0.15, 0.2) is 204 Å². The Kier molecular flexibility index (Phi) is 10.0. The molecule has 0 radical (unpaired) electrons. The van der Waals surface area contributed by atoms with Gasteiger partial charge in [-0.3, -0.25) is 4.99 Å². The number of allylic oxidation sites excluding steroid dienone is 3. The van der Waals surface area contributed by atoms with Crippen LogP contribution in [0.5, 0.6) is 0 Å². The fourth-order valence-electron chi connectivity index (χ4n) is 11.5. The van der Waals surface area contributed by atoms with Crippen LogP contribution in [0, 0.1) is 0 Å². The van der Waals surface area contributed by atoms with Crippen LogP contribution in [0.4, 0.5) is 0 Å².